The Morgan fingerprint density at radius 3 is 2.33 bits per heavy atom. The molecule has 0 aliphatic carbocycles. The van der Waals surface area contributed by atoms with Crippen LogP contribution in [0, 0.1) is 6.92 Å². The summed E-state index contributed by atoms with van der Waals surface area (Å²) in [6, 6.07) is 8.25. The van der Waals surface area contributed by atoms with Crippen LogP contribution in [0.15, 0.2) is 24.3 Å². The van der Waals surface area contributed by atoms with Gasteiger partial charge in [-0.25, -0.2) is 0 Å². The highest BCUT2D eigenvalue weighted by atomic mass is 31.2. The molecule has 0 aliphatic rings. The first-order valence-corrected chi connectivity index (χ1v) is 8.18. The molecule has 1 rings (SSSR count). The molecule has 1 aromatic rings. The van der Waals surface area contributed by atoms with E-state index in [0.717, 1.165) is 0 Å². The van der Waals surface area contributed by atoms with Crippen LogP contribution in [0.5, 0.6) is 0 Å². The van der Waals surface area contributed by atoms with Gasteiger partial charge in [0.25, 0.3) is 0 Å². The van der Waals surface area contributed by atoms with Crippen LogP contribution >= 0.6 is 7.60 Å². The van der Waals surface area contributed by atoms with Gasteiger partial charge in [-0.1, -0.05) is 36.8 Å². The summed E-state index contributed by atoms with van der Waals surface area (Å²) in [7, 11) is -2.96. The van der Waals surface area contributed by atoms with Gasteiger partial charge in [-0.2, -0.15) is 0 Å². The van der Waals surface area contributed by atoms with E-state index >= 15 is 0 Å². The Morgan fingerprint density at radius 1 is 1.22 bits per heavy atom. The summed E-state index contributed by atoms with van der Waals surface area (Å²) < 4.78 is 23.1. The zero-order chi connectivity index (χ0) is 13.6. The van der Waals surface area contributed by atoms with Crippen LogP contribution in [-0.2, 0) is 13.6 Å². The molecule has 0 fully saturated rings. The Labute approximate surface area is 110 Å². The van der Waals surface area contributed by atoms with E-state index in [1.165, 1.54) is 11.1 Å². The first-order valence-electron chi connectivity index (χ1n) is 6.45. The highest BCUT2D eigenvalue weighted by Gasteiger charge is 2.27. The van der Waals surface area contributed by atoms with Gasteiger partial charge in [0, 0.05) is 0 Å². The van der Waals surface area contributed by atoms with Crippen molar-refractivity contribution < 1.29 is 13.6 Å². The van der Waals surface area contributed by atoms with Crippen molar-refractivity contribution in [1.82, 2.24) is 0 Å². The van der Waals surface area contributed by atoms with Crippen LogP contribution in [0.2, 0.25) is 0 Å². The van der Waals surface area contributed by atoms with E-state index in [1.54, 1.807) is 0 Å². The van der Waals surface area contributed by atoms with Crippen molar-refractivity contribution in [2.45, 2.75) is 33.6 Å². The van der Waals surface area contributed by atoms with E-state index in [9.17, 15) is 4.57 Å². The molecule has 1 aromatic carbocycles. The molecule has 0 radical (unpaired) electrons. The normalized spacial score (nSPS) is 13.6. The predicted molar refractivity (Wildman–Crippen MR) is 75.3 cm³/mol. The van der Waals surface area contributed by atoms with Gasteiger partial charge in [-0.3, -0.25) is 4.57 Å². The second-order valence-electron chi connectivity index (χ2n) is 4.44. The van der Waals surface area contributed by atoms with Crippen LogP contribution < -0.4 is 0 Å². The molecular weight excluding hydrogens is 247 g/mol. The van der Waals surface area contributed by atoms with Crippen molar-refractivity contribution in [3.8, 4) is 0 Å². The smallest absolute Gasteiger partial charge is 0.309 e. The minimum Gasteiger partial charge on any atom is -0.309 e. The fraction of sp³-hybridized carbons (Fsp3) is 0.571. The van der Waals surface area contributed by atoms with Gasteiger partial charge in [-0.15, -0.1) is 0 Å². The van der Waals surface area contributed by atoms with Crippen molar-refractivity contribution in [3.63, 3.8) is 0 Å². The third-order valence-electron chi connectivity index (χ3n) is 2.76. The van der Waals surface area contributed by atoms with Gasteiger partial charge in [0.05, 0.1) is 19.4 Å². The lowest BCUT2D eigenvalue weighted by Crippen LogP contribution is -2.06. The summed E-state index contributed by atoms with van der Waals surface area (Å²) >= 11 is 0. The third-order valence-corrected chi connectivity index (χ3v) is 5.06. The number of hydrogen-bond donors (Lipinski definition) is 0. The molecule has 1 atom stereocenters. The van der Waals surface area contributed by atoms with Gasteiger partial charge < -0.3 is 9.05 Å². The molecule has 4 heteroatoms. The van der Waals surface area contributed by atoms with Crippen LogP contribution in [0.1, 0.15) is 37.8 Å². The molecule has 0 aliphatic heterocycles. The fourth-order valence-corrected chi connectivity index (χ4v) is 3.91. The van der Waals surface area contributed by atoms with Crippen molar-refractivity contribution >= 4 is 7.60 Å². The molecule has 0 amide bonds. The van der Waals surface area contributed by atoms with E-state index < -0.39 is 7.60 Å². The monoisotopic (exact) mass is 270 g/mol. The summed E-state index contributed by atoms with van der Waals surface area (Å²) in [6.45, 7) is 8.61. The largest absolute Gasteiger partial charge is 0.331 e. The fourth-order valence-electron chi connectivity index (χ4n) is 1.95. The maximum Gasteiger partial charge on any atom is 0.331 e. The summed E-state index contributed by atoms with van der Waals surface area (Å²) in [4.78, 5) is 0. The SMILES string of the molecule is CCOP(=O)(C[C@H](C)c1cccc(C)c1)OCC. The van der Waals surface area contributed by atoms with Crippen molar-refractivity contribution in [3.05, 3.63) is 35.4 Å². The maximum atomic E-state index is 12.4. The van der Waals surface area contributed by atoms with Gasteiger partial charge in [0.2, 0.25) is 0 Å². The van der Waals surface area contributed by atoms with Crippen LogP contribution in [-0.4, -0.2) is 19.4 Å². The zero-order valence-electron chi connectivity index (χ0n) is 11.7. The molecular formula is C14H23O3P. The lowest BCUT2D eigenvalue weighted by Gasteiger charge is -2.21. The number of aryl methyl sites for hydroxylation is 1. The molecule has 0 spiro atoms. The Morgan fingerprint density at radius 2 is 1.83 bits per heavy atom. The van der Waals surface area contributed by atoms with Gasteiger partial charge >= 0.3 is 7.60 Å². The second kappa shape index (κ2) is 7.08. The molecule has 102 valence electrons. The lowest BCUT2D eigenvalue weighted by atomic mass is 10.0. The first kappa shape index (κ1) is 15.4. The molecule has 18 heavy (non-hydrogen) atoms. The van der Waals surface area contributed by atoms with Crippen molar-refractivity contribution in [2.75, 3.05) is 19.4 Å². The van der Waals surface area contributed by atoms with E-state index in [1.807, 2.05) is 19.9 Å². The Hall–Kier alpha value is -0.630. The van der Waals surface area contributed by atoms with Crippen LogP contribution in [0.3, 0.4) is 0 Å². The van der Waals surface area contributed by atoms with E-state index in [0.29, 0.717) is 19.4 Å². The van der Waals surface area contributed by atoms with Gasteiger partial charge in [0.15, 0.2) is 0 Å². The molecule has 0 bridgehead atoms. The minimum atomic E-state index is -2.96. The third kappa shape index (κ3) is 4.56. The zero-order valence-corrected chi connectivity index (χ0v) is 12.6. The van der Waals surface area contributed by atoms with Crippen LogP contribution in [0.4, 0.5) is 0 Å². The summed E-state index contributed by atoms with van der Waals surface area (Å²) in [6.07, 6.45) is 0.429. The molecule has 3 nitrogen and oxygen atoms in total. The van der Waals surface area contributed by atoms with Crippen molar-refractivity contribution in [2.24, 2.45) is 0 Å². The molecule has 0 saturated heterocycles. The number of benzene rings is 1. The molecule has 0 unspecified atom stereocenters. The molecule has 0 N–H and O–H groups in total. The summed E-state index contributed by atoms with van der Waals surface area (Å²) in [5, 5.41) is 0. The topological polar surface area (TPSA) is 35.5 Å². The average Bonchev–Trinajstić information content (AvgIpc) is 2.29. The van der Waals surface area contributed by atoms with Crippen molar-refractivity contribution in [1.29, 1.82) is 0 Å². The second-order valence-corrected chi connectivity index (χ2v) is 6.55. The summed E-state index contributed by atoms with van der Waals surface area (Å²) in [5.74, 6) is 0.161. The Bertz CT molecular complexity index is 407. The van der Waals surface area contributed by atoms with Gasteiger partial charge in [0.1, 0.15) is 0 Å². The Balaban J connectivity index is 2.78. The maximum absolute atomic E-state index is 12.4. The van der Waals surface area contributed by atoms with Crippen LogP contribution in [0.25, 0.3) is 0 Å². The molecule has 0 aromatic heterocycles. The standard InChI is InChI=1S/C14H23O3P/c1-5-16-18(15,17-6-2)11-13(4)14-9-7-8-12(3)10-14/h7-10,13H,5-6,11H2,1-4H3/t13-/m0/s1. The highest BCUT2D eigenvalue weighted by molar-refractivity contribution is 7.53. The van der Waals surface area contributed by atoms with E-state index in [-0.39, 0.29) is 5.92 Å². The molecule has 0 saturated carbocycles. The van der Waals surface area contributed by atoms with Gasteiger partial charge in [-0.05, 0) is 32.3 Å². The predicted octanol–water partition coefficient (Wildman–Crippen LogP) is 4.36. The highest BCUT2D eigenvalue weighted by Crippen LogP contribution is 2.51. The minimum absolute atomic E-state index is 0.161. The van der Waals surface area contributed by atoms with E-state index in [4.69, 9.17) is 9.05 Å². The average molecular weight is 270 g/mol. The number of rotatable bonds is 7. The lowest BCUT2D eigenvalue weighted by molar-refractivity contribution is 0.219. The van der Waals surface area contributed by atoms with E-state index in [2.05, 4.69) is 32.0 Å². The summed E-state index contributed by atoms with van der Waals surface area (Å²) in [5.41, 5.74) is 2.39. The first-order chi connectivity index (χ1) is 8.50. The Kier molecular flexibility index (Phi) is 6.07. The number of hydrogen-bond acceptors (Lipinski definition) is 3. The quantitative estimate of drug-likeness (QED) is 0.690. The molecule has 0 heterocycles.